The molecule has 0 saturated heterocycles. The first-order valence-corrected chi connectivity index (χ1v) is 19.0. The van der Waals surface area contributed by atoms with Gasteiger partial charge < -0.3 is 47.1 Å². The van der Waals surface area contributed by atoms with Gasteiger partial charge in [0.05, 0.1) is 24.8 Å². The molecule has 15 nitrogen and oxygen atoms in total. The number of benzene rings is 1. The number of rotatable bonds is 27. The predicted octanol–water partition coefficient (Wildman–Crippen LogP) is 2.64. The third-order valence-electron chi connectivity index (χ3n) is 9.12. The van der Waals surface area contributed by atoms with Crippen LogP contribution in [0.2, 0.25) is 0 Å². The Morgan fingerprint density at radius 1 is 0.796 bits per heavy atom. The zero-order valence-corrected chi connectivity index (χ0v) is 33.9. The first-order valence-electron chi connectivity index (χ1n) is 19.0. The molecule has 0 bridgehead atoms. The Kier molecular flexibility index (Phi) is 21.4. The summed E-state index contributed by atoms with van der Waals surface area (Å²) < 4.78 is 11.3. The molecule has 0 spiro atoms. The number of aryl methyl sites for hydroxylation is 1. The van der Waals surface area contributed by atoms with E-state index < -0.39 is 47.1 Å². The lowest BCUT2D eigenvalue weighted by atomic mass is 9.99. The molecule has 0 fully saturated rings. The fourth-order valence-corrected chi connectivity index (χ4v) is 5.62. The van der Waals surface area contributed by atoms with Crippen LogP contribution in [0.3, 0.4) is 0 Å². The summed E-state index contributed by atoms with van der Waals surface area (Å²) in [5, 5.41) is 16.9. The van der Waals surface area contributed by atoms with Gasteiger partial charge in [0.15, 0.2) is 5.78 Å². The number of likely N-dealkylation sites (N-methyl/N-ethyl adjacent to an activating group) is 1. The normalized spacial score (nSPS) is 13.3. The van der Waals surface area contributed by atoms with Gasteiger partial charge in [-0.1, -0.05) is 26.0 Å². The van der Waals surface area contributed by atoms with E-state index in [1.165, 1.54) is 6.92 Å². The van der Waals surface area contributed by atoms with Crippen molar-refractivity contribution in [2.45, 2.75) is 136 Å². The Morgan fingerprint density at radius 2 is 1.46 bits per heavy atom. The number of hydrogen-bond acceptors (Lipinski definition) is 9. The van der Waals surface area contributed by atoms with Crippen LogP contribution in [-0.2, 0) is 35.1 Å². The summed E-state index contributed by atoms with van der Waals surface area (Å²) in [5.74, 6) is -0.881. The van der Waals surface area contributed by atoms with Crippen LogP contribution in [0, 0.1) is 5.92 Å². The van der Waals surface area contributed by atoms with E-state index in [-0.39, 0.29) is 42.9 Å². The van der Waals surface area contributed by atoms with Gasteiger partial charge >= 0.3 is 6.03 Å². The molecule has 0 aromatic heterocycles. The average Bonchev–Trinajstić information content (AvgIpc) is 3.08. The number of carbonyl (C=O) groups is 6. The Morgan fingerprint density at radius 3 is 2.04 bits per heavy atom. The van der Waals surface area contributed by atoms with E-state index in [4.69, 9.17) is 15.2 Å². The molecule has 0 aliphatic rings. The molecular weight excluding hydrogens is 694 g/mol. The summed E-state index contributed by atoms with van der Waals surface area (Å²) in [6.45, 7) is 13.8. The Labute approximate surface area is 321 Å². The van der Waals surface area contributed by atoms with Gasteiger partial charge in [-0.3, -0.25) is 24.0 Å². The predicted molar refractivity (Wildman–Crippen MR) is 209 cm³/mol. The van der Waals surface area contributed by atoms with Crippen LogP contribution in [0.15, 0.2) is 24.3 Å². The topological polar surface area (TPSA) is 219 Å². The molecular formula is C39H67N7O8. The SMILES string of the molecule is CNC(CCC(=O)NC(C)(C)CCOC(C)(C)CCNC(=O)CCCc1ccc(OC)cc1)C(=O)NC(C(=O)NC(CCCNC(N)=O)C(C)=O)C(C)C. The fourth-order valence-electron chi connectivity index (χ4n) is 5.62. The van der Waals surface area contributed by atoms with Crippen molar-refractivity contribution in [3.8, 4) is 5.75 Å². The summed E-state index contributed by atoms with van der Waals surface area (Å²) >= 11 is 0. The number of methoxy groups -OCH3 is 1. The maximum atomic E-state index is 13.2. The largest absolute Gasteiger partial charge is 0.497 e. The van der Waals surface area contributed by atoms with Gasteiger partial charge in [0.1, 0.15) is 11.8 Å². The quantitative estimate of drug-likeness (QED) is 0.0655. The van der Waals surface area contributed by atoms with E-state index in [9.17, 15) is 28.8 Å². The lowest BCUT2D eigenvalue weighted by molar-refractivity contribution is -0.133. The number of ketones is 1. The van der Waals surface area contributed by atoms with Gasteiger partial charge in [0.25, 0.3) is 0 Å². The summed E-state index contributed by atoms with van der Waals surface area (Å²) in [7, 11) is 3.24. The molecule has 0 aliphatic carbocycles. The second kappa shape index (κ2) is 24.2. The number of amides is 6. The smallest absolute Gasteiger partial charge is 0.312 e. The highest BCUT2D eigenvalue weighted by atomic mass is 16.5. The van der Waals surface area contributed by atoms with Gasteiger partial charge in [-0.2, -0.15) is 0 Å². The highest BCUT2D eigenvalue weighted by Crippen LogP contribution is 2.18. The summed E-state index contributed by atoms with van der Waals surface area (Å²) in [6.07, 6.45) is 4.17. The van der Waals surface area contributed by atoms with E-state index in [2.05, 4.69) is 31.9 Å². The summed E-state index contributed by atoms with van der Waals surface area (Å²) in [5.41, 5.74) is 5.18. The molecule has 6 amide bonds. The van der Waals surface area contributed by atoms with Crippen LogP contribution < -0.4 is 42.4 Å². The zero-order chi connectivity index (χ0) is 40.9. The second-order valence-corrected chi connectivity index (χ2v) is 15.3. The number of hydrogen-bond donors (Lipinski definition) is 7. The molecule has 3 unspecified atom stereocenters. The number of urea groups is 1. The number of nitrogens with two attached hydrogens (primary N) is 1. The van der Waals surface area contributed by atoms with Gasteiger partial charge in [0, 0.05) is 38.1 Å². The maximum Gasteiger partial charge on any atom is 0.312 e. The van der Waals surface area contributed by atoms with E-state index in [0.717, 1.165) is 24.2 Å². The van der Waals surface area contributed by atoms with E-state index in [1.807, 2.05) is 52.0 Å². The molecule has 1 rings (SSSR count). The van der Waals surface area contributed by atoms with Crippen LogP contribution in [0.4, 0.5) is 4.79 Å². The number of ether oxygens (including phenoxy) is 2. The fraction of sp³-hybridized carbons (Fsp3) is 0.692. The van der Waals surface area contributed by atoms with Gasteiger partial charge in [-0.25, -0.2) is 4.79 Å². The molecule has 1 aromatic carbocycles. The molecule has 8 N–H and O–H groups in total. The molecule has 0 saturated carbocycles. The van der Waals surface area contributed by atoms with Crippen LogP contribution >= 0.6 is 0 Å². The molecule has 306 valence electrons. The first-order chi connectivity index (χ1) is 25.3. The molecule has 0 aliphatic heterocycles. The van der Waals surface area contributed by atoms with Crippen molar-refractivity contribution >= 4 is 35.4 Å². The molecule has 0 heterocycles. The van der Waals surface area contributed by atoms with Gasteiger partial charge in [-0.05, 0) is 110 Å². The average molecular weight is 762 g/mol. The molecule has 3 atom stereocenters. The number of primary amides is 1. The maximum absolute atomic E-state index is 13.2. The van der Waals surface area contributed by atoms with E-state index >= 15 is 0 Å². The third-order valence-corrected chi connectivity index (χ3v) is 9.12. The van der Waals surface area contributed by atoms with Crippen molar-refractivity contribution < 1.29 is 38.2 Å². The van der Waals surface area contributed by atoms with Crippen molar-refractivity contribution in [2.24, 2.45) is 11.7 Å². The molecule has 1 aromatic rings. The third kappa shape index (κ3) is 20.3. The number of Topliss-reactive ketones (excluding diaryl/α,β-unsaturated/α-hetero) is 1. The number of carbonyl (C=O) groups excluding carboxylic acids is 6. The van der Waals surface area contributed by atoms with Crippen LogP contribution in [-0.4, -0.2) is 98.6 Å². The molecule has 54 heavy (non-hydrogen) atoms. The monoisotopic (exact) mass is 762 g/mol. The second-order valence-electron chi connectivity index (χ2n) is 15.3. The standard InChI is InChI=1S/C39H67N7O8/c1-26(2)34(36(51)44-30(27(3)47)13-11-23-43-37(40)52)45-35(50)31(41-8)19-20-33(49)46-38(4,5)22-25-54-39(6,7)21-24-42-32(48)14-10-12-28-15-17-29(53-9)18-16-28/h15-18,26,30-31,34,41H,10-14,19-25H2,1-9H3,(H,42,48)(H,44,51)(H,45,50)(H,46,49)(H3,40,43,52). The highest BCUT2D eigenvalue weighted by Gasteiger charge is 2.30. The lowest BCUT2D eigenvalue weighted by Gasteiger charge is -2.30. The highest BCUT2D eigenvalue weighted by molar-refractivity contribution is 5.93. The van der Waals surface area contributed by atoms with Crippen LogP contribution in [0.5, 0.6) is 5.75 Å². The van der Waals surface area contributed by atoms with Crippen molar-refractivity contribution in [3.05, 3.63) is 29.8 Å². The van der Waals surface area contributed by atoms with Gasteiger partial charge in [0.2, 0.25) is 23.6 Å². The van der Waals surface area contributed by atoms with Crippen LogP contribution in [0.25, 0.3) is 0 Å². The van der Waals surface area contributed by atoms with Crippen LogP contribution in [0.1, 0.15) is 105 Å². The van der Waals surface area contributed by atoms with Crippen molar-refractivity contribution in [3.63, 3.8) is 0 Å². The number of nitrogens with one attached hydrogen (secondary N) is 6. The Hall–Kier alpha value is -4.24. The van der Waals surface area contributed by atoms with E-state index in [0.29, 0.717) is 45.3 Å². The summed E-state index contributed by atoms with van der Waals surface area (Å²) in [4.78, 5) is 74.7. The first kappa shape index (κ1) is 47.8. The van der Waals surface area contributed by atoms with Crippen molar-refractivity contribution in [1.29, 1.82) is 0 Å². The van der Waals surface area contributed by atoms with Gasteiger partial charge in [-0.15, -0.1) is 0 Å². The van der Waals surface area contributed by atoms with Crippen molar-refractivity contribution in [1.82, 2.24) is 31.9 Å². The minimum atomic E-state index is -0.914. The Balaban J connectivity index is 2.48. The molecule has 0 radical (unpaired) electrons. The minimum absolute atomic E-state index is 0.00816. The van der Waals surface area contributed by atoms with E-state index in [1.54, 1.807) is 28.0 Å². The zero-order valence-electron chi connectivity index (χ0n) is 33.9. The Bertz CT molecular complexity index is 1350. The lowest BCUT2D eigenvalue weighted by Crippen LogP contribution is -2.56. The van der Waals surface area contributed by atoms with Crippen molar-refractivity contribution in [2.75, 3.05) is 33.9 Å². The molecule has 15 heteroatoms. The summed E-state index contributed by atoms with van der Waals surface area (Å²) in [6, 6.07) is 4.74. The minimum Gasteiger partial charge on any atom is -0.497 e.